The average Bonchev–Trinajstić information content (AvgIpc) is 2.90. The molecule has 2 saturated heterocycles. The zero-order valence-electron chi connectivity index (χ0n) is 8.71. The minimum absolute atomic E-state index is 0.393. The van der Waals surface area contributed by atoms with Crippen LogP contribution in [0.15, 0.2) is 0 Å². The van der Waals surface area contributed by atoms with E-state index in [0.29, 0.717) is 11.6 Å². The maximum atomic E-state index is 5.66. The lowest BCUT2D eigenvalue weighted by atomic mass is 9.94. The van der Waals surface area contributed by atoms with E-state index in [9.17, 15) is 0 Å². The van der Waals surface area contributed by atoms with E-state index in [1.165, 1.54) is 25.7 Å². The van der Waals surface area contributed by atoms with Gasteiger partial charge in [-0.1, -0.05) is 12.8 Å². The van der Waals surface area contributed by atoms with E-state index >= 15 is 0 Å². The molecule has 1 spiro atoms. The highest BCUT2D eigenvalue weighted by molar-refractivity contribution is 4.98. The van der Waals surface area contributed by atoms with Gasteiger partial charge in [0.1, 0.15) is 0 Å². The summed E-state index contributed by atoms with van der Waals surface area (Å²) < 4.78 is 11.0. The molecule has 1 unspecified atom stereocenters. The molecule has 14 heavy (non-hydrogen) atoms. The first-order valence-corrected chi connectivity index (χ1v) is 5.83. The number of epoxide rings is 1. The van der Waals surface area contributed by atoms with E-state index in [1.54, 1.807) is 0 Å². The summed E-state index contributed by atoms with van der Waals surface area (Å²) in [5, 5.41) is 0. The van der Waals surface area contributed by atoms with Gasteiger partial charge in [0.05, 0.1) is 25.9 Å². The number of nitrogens with zero attached hydrogens (tertiary/aromatic N) is 1. The lowest BCUT2D eigenvalue weighted by Gasteiger charge is -2.44. The molecule has 2 aliphatic heterocycles. The van der Waals surface area contributed by atoms with Crippen molar-refractivity contribution >= 4 is 0 Å². The molecule has 3 aliphatic rings. The number of morpholine rings is 1. The second-order valence-electron chi connectivity index (χ2n) is 4.89. The molecular weight excluding hydrogens is 178 g/mol. The largest absolute Gasteiger partial charge is 0.378 e. The summed E-state index contributed by atoms with van der Waals surface area (Å²) in [5.74, 6) is 0. The van der Waals surface area contributed by atoms with E-state index in [4.69, 9.17) is 9.47 Å². The Morgan fingerprint density at radius 3 is 2.79 bits per heavy atom. The molecule has 1 saturated carbocycles. The fourth-order valence-corrected chi connectivity index (χ4v) is 2.96. The summed E-state index contributed by atoms with van der Waals surface area (Å²) in [6, 6.07) is 0. The van der Waals surface area contributed by atoms with Gasteiger partial charge >= 0.3 is 0 Å². The van der Waals surface area contributed by atoms with Crippen molar-refractivity contribution in [2.45, 2.75) is 37.3 Å². The van der Waals surface area contributed by atoms with Crippen molar-refractivity contribution in [3.8, 4) is 0 Å². The first kappa shape index (κ1) is 9.13. The summed E-state index contributed by atoms with van der Waals surface area (Å²) in [6.45, 7) is 5.10. The maximum Gasteiger partial charge on any atom is 0.0936 e. The van der Waals surface area contributed by atoms with E-state index < -0.39 is 0 Å². The van der Waals surface area contributed by atoms with Crippen LogP contribution < -0.4 is 0 Å². The number of ether oxygens (including phenoxy) is 2. The summed E-state index contributed by atoms with van der Waals surface area (Å²) in [7, 11) is 0. The van der Waals surface area contributed by atoms with Gasteiger partial charge in [-0.15, -0.1) is 0 Å². The Bertz CT molecular complexity index is 209. The minimum atomic E-state index is 0.393. The molecule has 3 fully saturated rings. The molecule has 0 aromatic rings. The van der Waals surface area contributed by atoms with Crippen LogP contribution in [-0.2, 0) is 9.47 Å². The van der Waals surface area contributed by atoms with Crippen molar-refractivity contribution in [3.63, 3.8) is 0 Å². The van der Waals surface area contributed by atoms with Gasteiger partial charge in [0.25, 0.3) is 0 Å². The summed E-state index contributed by atoms with van der Waals surface area (Å²) in [6.07, 6.45) is 5.96. The number of hydrogen-bond donors (Lipinski definition) is 0. The Kier molecular flexibility index (Phi) is 2.26. The molecule has 1 atom stereocenters. The van der Waals surface area contributed by atoms with Crippen LogP contribution in [0.3, 0.4) is 0 Å². The van der Waals surface area contributed by atoms with Crippen molar-refractivity contribution in [2.75, 3.05) is 32.9 Å². The monoisotopic (exact) mass is 197 g/mol. The molecule has 2 heterocycles. The van der Waals surface area contributed by atoms with E-state index in [-0.39, 0.29) is 0 Å². The quantitative estimate of drug-likeness (QED) is 0.618. The fourth-order valence-electron chi connectivity index (χ4n) is 2.96. The van der Waals surface area contributed by atoms with Crippen molar-refractivity contribution < 1.29 is 9.47 Å². The molecule has 3 nitrogen and oxygen atoms in total. The van der Waals surface area contributed by atoms with Crippen LogP contribution in [0.1, 0.15) is 25.7 Å². The van der Waals surface area contributed by atoms with Gasteiger partial charge < -0.3 is 9.47 Å². The third-order valence-electron chi connectivity index (χ3n) is 3.91. The highest BCUT2D eigenvalue weighted by Gasteiger charge is 2.43. The standard InChI is InChI=1S/C11H19NO2/c1-2-4-11(3-1)9-13-6-5-12(11)7-10-8-14-10/h10H,1-9H2. The molecule has 0 aromatic carbocycles. The predicted molar refractivity (Wildman–Crippen MR) is 53.3 cm³/mol. The van der Waals surface area contributed by atoms with Crippen LogP contribution in [-0.4, -0.2) is 49.5 Å². The van der Waals surface area contributed by atoms with Crippen LogP contribution in [0.5, 0.6) is 0 Å². The molecular formula is C11H19NO2. The Morgan fingerprint density at radius 1 is 1.29 bits per heavy atom. The van der Waals surface area contributed by atoms with Gasteiger partial charge in [-0.25, -0.2) is 0 Å². The second-order valence-corrected chi connectivity index (χ2v) is 4.89. The van der Waals surface area contributed by atoms with Gasteiger partial charge in [-0.05, 0) is 12.8 Å². The normalized spacial score (nSPS) is 36.4. The zero-order chi connectivity index (χ0) is 9.43. The predicted octanol–water partition coefficient (Wildman–Crippen LogP) is 1.03. The fraction of sp³-hybridized carbons (Fsp3) is 1.00. The molecule has 0 amide bonds. The van der Waals surface area contributed by atoms with E-state index in [2.05, 4.69) is 4.90 Å². The van der Waals surface area contributed by atoms with E-state index in [1.807, 2.05) is 0 Å². The Morgan fingerprint density at radius 2 is 2.07 bits per heavy atom. The molecule has 1 aliphatic carbocycles. The third kappa shape index (κ3) is 1.58. The van der Waals surface area contributed by atoms with Crippen LogP contribution in [0.25, 0.3) is 0 Å². The van der Waals surface area contributed by atoms with Crippen LogP contribution in [0.2, 0.25) is 0 Å². The Balaban J connectivity index is 1.70. The lowest BCUT2D eigenvalue weighted by molar-refractivity contribution is -0.0678. The van der Waals surface area contributed by atoms with Gasteiger partial charge in [-0.2, -0.15) is 0 Å². The summed E-state index contributed by atoms with van der Waals surface area (Å²) in [4.78, 5) is 2.64. The molecule has 3 heteroatoms. The van der Waals surface area contributed by atoms with Crippen LogP contribution >= 0.6 is 0 Å². The smallest absolute Gasteiger partial charge is 0.0936 e. The third-order valence-corrected chi connectivity index (χ3v) is 3.91. The second kappa shape index (κ2) is 3.47. The first-order chi connectivity index (χ1) is 6.89. The number of hydrogen-bond acceptors (Lipinski definition) is 3. The van der Waals surface area contributed by atoms with Gasteiger partial charge in [0.2, 0.25) is 0 Å². The maximum absolute atomic E-state index is 5.66. The lowest BCUT2D eigenvalue weighted by Crippen LogP contribution is -2.56. The van der Waals surface area contributed by atoms with Gasteiger partial charge in [0.15, 0.2) is 0 Å². The Hall–Kier alpha value is -0.120. The molecule has 0 aromatic heterocycles. The van der Waals surface area contributed by atoms with Crippen LogP contribution in [0, 0.1) is 0 Å². The average molecular weight is 197 g/mol. The van der Waals surface area contributed by atoms with Crippen molar-refractivity contribution in [1.29, 1.82) is 0 Å². The molecule has 0 radical (unpaired) electrons. The van der Waals surface area contributed by atoms with E-state index in [0.717, 1.165) is 32.9 Å². The highest BCUT2D eigenvalue weighted by atomic mass is 16.6. The highest BCUT2D eigenvalue weighted by Crippen LogP contribution is 2.37. The van der Waals surface area contributed by atoms with Crippen molar-refractivity contribution in [2.24, 2.45) is 0 Å². The minimum Gasteiger partial charge on any atom is -0.378 e. The molecule has 80 valence electrons. The van der Waals surface area contributed by atoms with Gasteiger partial charge in [0, 0.05) is 18.6 Å². The van der Waals surface area contributed by atoms with Crippen molar-refractivity contribution in [3.05, 3.63) is 0 Å². The Labute approximate surface area is 85.4 Å². The zero-order valence-corrected chi connectivity index (χ0v) is 8.71. The summed E-state index contributed by atoms with van der Waals surface area (Å²) >= 11 is 0. The van der Waals surface area contributed by atoms with Crippen LogP contribution in [0.4, 0.5) is 0 Å². The van der Waals surface area contributed by atoms with Gasteiger partial charge in [-0.3, -0.25) is 4.90 Å². The SMILES string of the molecule is C1CCC2(C1)COCCN2CC1CO1. The molecule has 3 rings (SSSR count). The number of rotatable bonds is 2. The molecule has 0 bridgehead atoms. The molecule has 0 N–H and O–H groups in total. The van der Waals surface area contributed by atoms with Crippen molar-refractivity contribution in [1.82, 2.24) is 4.90 Å². The topological polar surface area (TPSA) is 25.0 Å². The summed E-state index contributed by atoms with van der Waals surface area (Å²) in [5.41, 5.74) is 0.393. The first-order valence-electron chi connectivity index (χ1n) is 5.83.